The maximum atomic E-state index is 11.8. The molecule has 0 amide bonds. The van der Waals surface area contributed by atoms with Crippen LogP contribution < -0.4 is 10.4 Å². The smallest absolute Gasteiger partial charge is 0.347 e. The van der Waals surface area contributed by atoms with Crippen molar-refractivity contribution in [3.05, 3.63) is 40.2 Å². The van der Waals surface area contributed by atoms with E-state index in [0.717, 1.165) is 0 Å². The van der Waals surface area contributed by atoms with E-state index in [1.165, 1.54) is 13.2 Å². The van der Waals surface area contributed by atoms with Crippen LogP contribution in [-0.4, -0.2) is 16.6 Å². The van der Waals surface area contributed by atoms with E-state index in [1.807, 2.05) is 0 Å². The zero-order valence-electron chi connectivity index (χ0n) is 9.28. The van der Waals surface area contributed by atoms with Crippen LogP contribution >= 0.6 is 31.9 Å². The molecule has 1 heterocycles. The van der Waals surface area contributed by atoms with E-state index in [2.05, 4.69) is 31.9 Å². The van der Waals surface area contributed by atoms with Crippen LogP contribution in [0.25, 0.3) is 11.0 Å². The van der Waals surface area contributed by atoms with Gasteiger partial charge < -0.3 is 9.15 Å². The molecule has 94 valence electrons. The molecule has 0 aliphatic rings. The molecule has 0 radical (unpaired) electrons. The Morgan fingerprint density at radius 1 is 1.39 bits per heavy atom. The molecule has 18 heavy (non-hydrogen) atoms. The summed E-state index contributed by atoms with van der Waals surface area (Å²) >= 11 is 6.13. The number of methoxy groups -OCH3 is 1. The zero-order valence-corrected chi connectivity index (χ0v) is 12.4. The Bertz CT molecular complexity index is 661. The fourth-order valence-electron chi connectivity index (χ4n) is 1.57. The third kappa shape index (κ3) is 2.35. The van der Waals surface area contributed by atoms with Crippen LogP contribution in [-0.2, 0) is 0 Å². The fraction of sp³-hybridized carbons (Fsp3) is 0.167. The molecule has 1 aromatic carbocycles. The summed E-state index contributed by atoms with van der Waals surface area (Å²) in [5.74, 6) is 0.0753. The second-order valence-electron chi connectivity index (χ2n) is 3.49. The number of hydrogen-bond acceptors (Lipinski definition) is 4. The van der Waals surface area contributed by atoms with Crippen molar-refractivity contribution in [2.75, 3.05) is 7.11 Å². The summed E-state index contributed by atoms with van der Waals surface area (Å²) in [5, 5.41) is 0.637. The van der Waals surface area contributed by atoms with Gasteiger partial charge in [-0.3, -0.25) is 4.79 Å². The van der Waals surface area contributed by atoms with Gasteiger partial charge in [0.25, 0.3) is 0 Å². The number of ketones is 1. The van der Waals surface area contributed by atoms with E-state index in [0.29, 0.717) is 16.7 Å². The van der Waals surface area contributed by atoms with Gasteiger partial charge in [-0.05, 0) is 12.1 Å². The summed E-state index contributed by atoms with van der Waals surface area (Å²) in [6.07, 6.45) is 0. The van der Waals surface area contributed by atoms with Crippen LogP contribution in [0.4, 0.5) is 0 Å². The van der Waals surface area contributed by atoms with E-state index in [-0.39, 0.29) is 11.3 Å². The molecule has 0 fully saturated rings. The Labute approximate surface area is 119 Å². The van der Waals surface area contributed by atoms with Gasteiger partial charge in [-0.25, -0.2) is 4.79 Å². The minimum Gasteiger partial charge on any atom is -0.493 e. The van der Waals surface area contributed by atoms with Crippen molar-refractivity contribution in [2.45, 2.75) is 3.74 Å². The number of ether oxygens (including phenoxy) is 1. The summed E-state index contributed by atoms with van der Waals surface area (Å²) in [4.78, 5) is 23.5. The SMILES string of the molecule is COc1cccc2cc(C(=O)C(Br)Br)c(=O)oc12. The molecular weight excluding hydrogens is 368 g/mol. The van der Waals surface area contributed by atoms with E-state index >= 15 is 0 Å². The summed E-state index contributed by atoms with van der Waals surface area (Å²) < 4.78 is 9.62. The first-order valence-corrected chi connectivity index (χ1v) is 6.81. The first kappa shape index (κ1) is 13.3. The topological polar surface area (TPSA) is 56.5 Å². The van der Waals surface area contributed by atoms with Gasteiger partial charge in [0.2, 0.25) is 0 Å². The summed E-state index contributed by atoms with van der Waals surface area (Å²) in [7, 11) is 1.49. The average Bonchev–Trinajstić information content (AvgIpc) is 2.36. The van der Waals surface area contributed by atoms with E-state index in [4.69, 9.17) is 9.15 Å². The number of halogens is 2. The lowest BCUT2D eigenvalue weighted by atomic mass is 10.1. The highest BCUT2D eigenvalue weighted by atomic mass is 79.9. The van der Waals surface area contributed by atoms with E-state index < -0.39 is 9.36 Å². The molecule has 0 N–H and O–H groups in total. The molecule has 0 bridgehead atoms. The molecule has 6 heteroatoms. The highest BCUT2D eigenvalue weighted by Gasteiger charge is 2.19. The first-order chi connectivity index (χ1) is 8.54. The quantitative estimate of drug-likeness (QED) is 0.470. The van der Waals surface area contributed by atoms with Crippen molar-refractivity contribution < 1.29 is 13.9 Å². The molecule has 0 spiro atoms. The van der Waals surface area contributed by atoms with E-state index in [9.17, 15) is 9.59 Å². The van der Waals surface area contributed by atoms with Crippen molar-refractivity contribution in [1.82, 2.24) is 0 Å². The normalized spacial score (nSPS) is 10.9. The molecule has 0 saturated heterocycles. The maximum Gasteiger partial charge on any atom is 0.347 e. The number of carbonyl (C=O) groups is 1. The van der Waals surface area contributed by atoms with Crippen LogP contribution in [0.1, 0.15) is 10.4 Å². The van der Waals surface area contributed by atoms with Gasteiger partial charge in [-0.2, -0.15) is 0 Å². The highest BCUT2D eigenvalue weighted by Crippen LogP contribution is 2.25. The molecule has 4 nitrogen and oxygen atoms in total. The molecule has 0 aliphatic carbocycles. The Morgan fingerprint density at radius 3 is 2.72 bits per heavy atom. The minimum atomic E-state index is -0.680. The number of Topliss-reactive ketones (excluding diaryl/α,β-unsaturated/α-hetero) is 1. The first-order valence-electron chi connectivity index (χ1n) is 4.98. The van der Waals surface area contributed by atoms with Gasteiger partial charge in [-0.15, -0.1) is 0 Å². The minimum absolute atomic E-state index is 0.00509. The van der Waals surface area contributed by atoms with Crippen LogP contribution in [0.15, 0.2) is 33.5 Å². The van der Waals surface area contributed by atoms with Gasteiger partial charge in [0.1, 0.15) is 9.30 Å². The Kier molecular flexibility index (Phi) is 3.87. The maximum absolute atomic E-state index is 11.8. The van der Waals surface area contributed by atoms with Gasteiger partial charge in [0.15, 0.2) is 17.1 Å². The van der Waals surface area contributed by atoms with Crippen LogP contribution in [0, 0.1) is 0 Å². The second kappa shape index (κ2) is 5.24. The van der Waals surface area contributed by atoms with E-state index in [1.54, 1.807) is 18.2 Å². The zero-order chi connectivity index (χ0) is 13.3. The Hall–Kier alpha value is -1.14. The largest absolute Gasteiger partial charge is 0.493 e. The molecule has 2 rings (SSSR count). The second-order valence-corrected chi connectivity index (χ2v) is 6.55. The Morgan fingerprint density at radius 2 is 2.11 bits per heavy atom. The molecule has 0 saturated carbocycles. The number of hydrogen-bond donors (Lipinski definition) is 0. The predicted octanol–water partition coefficient (Wildman–Crippen LogP) is 3.10. The number of rotatable bonds is 3. The third-order valence-corrected chi connectivity index (χ3v) is 3.24. The van der Waals surface area contributed by atoms with Gasteiger partial charge in [0.05, 0.1) is 7.11 Å². The molecule has 2 aromatic rings. The van der Waals surface area contributed by atoms with Gasteiger partial charge in [-0.1, -0.05) is 44.0 Å². The molecule has 0 atom stereocenters. The Balaban J connectivity index is 2.71. The van der Waals surface area contributed by atoms with Gasteiger partial charge in [0, 0.05) is 5.39 Å². The molecular formula is C12H8Br2O4. The van der Waals surface area contributed by atoms with Crippen molar-refractivity contribution in [1.29, 1.82) is 0 Å². The number of benzene rings is 1. The lowest BCUT2D eigenvalue weighted by Gasteiger charge is -2.05. The summed E-state index contributed by atoms with van der Waals surface area (Å²) in [6, 6.07) is 6.69. The van der Waals surface area contributed by atoms with Crippen molar-refractivity contribution >= 4 is 48.6 Å². The average molecular weight is 376 g/mol. The van der Waals surface area contributed by atoms with Gasteiger partial charge >= 0.3 is 5.63 Å². The van der Waals surface area contributed by atoms with Crippen molar-refractivity contribution in [2.24, 2.45) is 0 Å². The highest BCUT2D eigenvalue weighted by molar-refractivity contribution is 9.25. The van der Waals surface area contributed by atoms with Crippen LogP contribution in [0.5, 0.6) is 5.75 Å². The predicted molar refractivity (Wildman–Crippen MR) is 75.0 cm³/mol. The number of para-hydroxylation sites is 1. The standard InChI is InChI=1S/C12H8Br2O4/c1-17-8-4-2-3-6-5-7(9(15)11(13)14)12(16)18-10(6)8/h2-5,11H,1H3. The van der Waals surface area contributed by atoms with Crippen LogP contribution in [0.2, 0.25) is 0 Å². The van der Waals surface area contributed by atoms with Crippen LogP contribution in [0.3, 0.4) is 0 Å². The lowest BCUT2D eigenvalue weighted by Crippen LogP contribution is -2.18. The van der Waals surface area contributed by atoms with Crippen molar-refractivity contribution in [3.63, 3.8) is 0 Å². The summed E-state index contributed by atoms with van der Waals surface area (Å²) in [5.41, 5.74) is -0.349. The molecule has 1 aromatic heterocycles. The third-order valence-electron chi connectivity index (χ3n) is 2.41. The number of carbonyl (C=O) groups excluding carboxylic acids is 1. The fourth-order valence-corrected chi connectivity index (χ4v) is 2.06. The number of alkyl halides is 2. The molecule has 0 aliphatic heterocycles. The summed E-state index contributed by atoms with van der Waals surface area (Å²) in [6.45, 7) is 0. The van der Waals surface area contributed by atoms with Crippen molar-refractivity contribution in [3.8, 4) is 5.75 Å². The monoisotopic (exact) mass is 374 g/mol. The molecule has 0 unspecified atom stereocenters. The lowest BCUT2D eigenvalue weighted by molar-refractivity contribution is 0.101. The number of fused-ring (bicyclic) bond motifs is 1.